The van der Waals surface area contributed by atoms with Crippen molar-refractivity contribution in [2.24, 2.45) is 5.41 Å². The lowest BCUT2D eigenvalue weighted by molar-refractivity contribution is 0.195. The molecule has 5 heteroatoms. The van der Waals surface area contributed by atoms with Crippen molar-refractivity contribution in [2.45, 2.75) is 13.3 Å². The first-order valence-corrected chi connectivity index (χ1v) is 7.29. The summed E-state index contributed by atoms with van der Waals surface area (Å²) in [6.07, 6.45) is 7.05. The van der Waals surface area contributed by atoms with Gasteiger partial charge in [-0.05, 0) is 0 Å². The van der Waals surface area contributed by atoms with Crippen LogP contribution in [0.1, 0.15) is 12.6 Å². The number of thiazole rings is 1. The van der Waals surface area contributed by atoms with Gasteiger partial charge >= 0.3 is 0 Å². The number of methoxy groups -OCH3 is 1. The number of rotatable bonds is 8. The normalized spacial score (nSPS) is 14.6. The van der Waals surface area contributed by atoms with Crippen molar-refractivity contribution in [3.63, 3.8) is 0 Å². The number of nitrogens with one attached hydrogen (secondary N) is 1. The molecule has 1 unspecified atom stereocenters. The minimum Gasteiger partial charge on any atom is -0.383 e. The molecule has 0 fully saturated rings. The van der Waals surface area contributed by atoms with Gasteiger partial charge in [0.15, 0.2) is 4.96 Å². The summed E-state index contributed by atoms with van der Waals surface area (Å²) in [5, 5.41) is 5.44. The van der Waals surface area contributed by atoms with Crippen LogP contribution >= 0.6 is 11.3 Å². The number of imidazole rings is 1. The van der Waals surface area contributed by atoms with Crippen molar-refractivity contribution in [1.82, 2.24) is 14.7 Å². The standard InChI is InChI=1S/C14H21N3OS/c1-4-14(2,11-15-5-7-18-3)9-12-10-17-6-8-19-13(17)16-12/h4,6,8,10,15H,1,5,7,9,11H2,2-3H3. The molecule has 0 aliphatic carbocycles. The van der Waals surface area contributed by atoms with Crippen LogP contribution in [0.2, 0.25) is 0 Å². The SMILES string of the molecule is C=CC(C)(CNCCOC)Cc1cn2ccsc2n1. The van der Waals surface area contributed by atoms with E-state index >= 15 is 0 Å². The molecule has 19 heavy (non-hydrogen) atoms. The average Bonchev–Trinajstić information content (AvgIpc) is 2.95. The van der Waals surface area contributed by atoms with Gasteiger partial charge < -0.3 is 10.1 Å². The summed E-state index contributed by atoms with van der Waals surface area (Å²) in [5.74, 6) is 0. The van der Waals surface area contributed by atoms with Crippen molar-refractivity contribution < 1.29 is 4.74 Å². The lowest BCUT2D eigenvalue weighted by Gasteiger charge is -2.25. The Morgan fingerprint density at radius 2 is 2.47 bits per heavy atom. The van der Waals surface area contributed by atoms with Gasteiger partial charge in [0.1, 0.15) is 0 Å². The van der Waals surface area contributed by atoms with Crippen molar-refractivity contribution in [1.29, 1.82) is 0 Å². The molecule has 1 atom stereocenters. The Morgan fingerprint density at radius 1 is 1.63 bits per heavy atom. The molecule has 2 aromatic rings. The second-order valence-electron chi connectivity index (χ2n) is 5.03. The summed E-state index contributed by atoms with van der Waals surface area (Å²) in [7, 11) is 1.71. The maximum absolute atomic E-state index is 5.04. The Hall–Kier alpha value is -1.17. The molecule has 0 aromatic carbocycles. The van der Waals surface area contributed by atoms with Crippen LogP contribution in [0.5, 0.6) is 0 Å². The van der Waals surface area contributed by atoms with Crippen LogP contribution in [0.3, 0.4) is 0 Å². The molecule has 104 valence electrons. The van der Waals surface area contributed by atoms with Crippen LogP contribution in [-0.2, 0) is 11.2 Å². The van der Waals surface area contributed by atoms with Gasteiger partial charge in [-0.15, -0.1) is 17.9 Å². The fourth-order valence-electron chi connectivity index (χ4n) is 2.03. The van der Waals surface area contributed by atoms with E-state index in [1.165, 1.54) is 0 Å². The second-order valence-corrected chi connectivity index (χ2v) is 5.90. The fraction of sp³-hybridized carbons (Fsp3) is 0.500. The first-order chi connectivity index (χ1) is 9.17. The maximum Gasteiger partial charge on any atom is 0.193 e. The van der Waals surface area contributed by atoms with Crippen LogP contribution in [0, 0.1) is 5.41 Å². The lowest BCUT2D eigenvalue weighted by Crippen LogP contribution is -2.33. The van der Waals surface area contributed by atoms with Gasteiger partial charge in [-0.1, -0.05) is 13.0 Å². The summed E-state index contributed by atoms with van der Waals surface area (Å²) in [6.45, 7) is 8.64. The number of fused-ring (bicyclic) bond motifs is 1. The number of ether oxygens (including phenoxy) is 1. The Morgan fingerprint density at radius 3 is 3.16 bits per heavy atom. The van der Waals surface area contributed by atoms with E-state index in [1.54, 1.807) is 18.4 Å². The minimum atomic E-state index is 0.0117. The number of aromatic nitrogens is 2. The van der Waals surface area contributed by atoms with E-state index in [0.29, 0.717) is 0 Å². The molecule has 0 spiro atoms. The molecule has 1 N–H and O–H groups in total. The summed E-state index contributed by atoms with van der Waals surface area (Å²) in [6, 6.07) is 0. The number of nitrogens with zero attached hydrogens (tertiary/aromatic N) is 2. The first kappa shape index (κ1) is 14.2. The largest absolute Gasteiger partial charge is 0.383 e. The highest BCUT2D eigenvalue weighted by Gasteiger charge is 2.22. The van der Waals surface area contributed by atoms with Gasteiger partial charge in [0, 0.05) is 49.8 Å². The molecule has 2 rings (SSSR count). The van der Waals surface area contributed by atoms with Crippen LogP contribution in [0.4, 0.5) is 0 Å². The highest BCUT2D eigenvalue weighted by atomic mass is 32.1. The monoisotopic (exact) mass is 279 g/mol. The van der Waals surface area contributed by atoms with Crippen molar-refractivity contribution in [3.8, 4) is 0 Å². The average molecular weight is 279 g/mol. The third-order valence-electron chi connectivity index (χ3n) is 3.23. The smallest absolute Gasteiger partial charge is 0.193 e. The molecule has 0 aliphatic heterocycles. The highest BCUT2D eigenvalue weighted by Crippen LogP contribution is 2.23. The predicted molar refractivity (Wildman–Crippen MR) is 79.8 cm³/mol. The number of hydrogen-bond donors (Lipinski definition) is 1. The summed E-state index contributed by atoms with van der Waals surface area (Å²) in [4.78, 5) is 5.68. The van der Waals surface area contributed by atoms with Crippen LogP contribution < -0.4 is 5.32 Å². The van der Waals surface area contributed by atoms with Crippen molar-refractivity contribution in [3.05, 3.63) is 36.1 Å². The van der Waals surface area contributed by atoms with Gasteiger partial charge in [0.25, 0.3) is 0 Å². The van der Waals surface area contributed by atoms with Crippen molar-refractivity contribution >= 4 is 16.3 Å². The van der Waals surface area contributed by atoms with E-state index in [1.807, 2.05) is 17.7 Å². The first-order valence-electron chi connectivity index (χ1n) is 6.41. The predicted octanol–water partition coefficient (Wildman–Crippen LogP) is 2.37. The molecule has 4 nitrogen and oxygen atoms in total. The maximum atomic E-state index is 5.04. The van der Waals surface area contributed by atoms with Gasteiger partial charge in [-0.25, -0.2) is 4.98 Å². The van der Waals surface area contributed by atoms with Gasteiger partial charge in [0.2, 0.25) is 0 Å². The number of hydrogen-bond acceptors (Lipinski definition) is 4. The van der Waals surface area contributed by atoms with Crippen LogP contribution in [0.15, 0.2) is 30.4 Å². The molecule has 2 heterocycles. The van der Waals surface area contributed by atoms with E-state index in [2.05, 4.69) is 34.4 Å². The molecule has 0 saturated heterocycles. The molecular formula is C14H21N3OS. The quantitative estimate of drug-likeness (QED) is 0.595. The van der Waals surface area contributed by atoms with Crippen LogP contribution in [-0.4, -0.2) is 36.2 Å². The van der Waals surface area contributed by atoms with E-state index < -0.39 is 0 Å². The van der Waals surface area contributed by atoms with Gasteiger partial charge in [0.05, 0.1) is 12.3 Å². The van der Waals surface area contributed by atoms with E-state index in [9.17, 15) is 0 Å². The topological polar surface area (TPSA) is 38.6 Å². The fourth-order valence-corrected chi connectivity index (χ4v) is 2.75. The second kappa shape index (κ2) is 6.32. The van der Waals surface area contributed by atoms with Gasteiger partial charge in [-0.3, -0.25) is 4.40 Å². The Kier molecular flexibility index (Phi) is 4.74. The Balaban J connectivity index is 1.96. The molecule has 0 bridgehead atoms. The third kappa shape index (κ3) is 3.65. The molecule has 0 radical (unpaired) electrons. The minimum absolute atomic E-state index is 0.0117. The Bertz CT molecular complexity index is 505. The molecule has 0 aliphatic rings. The Labute approximate surface area is 118 Å². The summed E-state index contributed by atoms with van der Waals surface area (Å²) >= 11 is 1.66. The summed E-state index contributed by atoms with van der Waals surface area (Å²) < 4.78 is 7.11. The van der Waals surface area contributed by atoms with Gasteiger partial charge in [-0.2, -0.15) is 0 Å². The molecule has 2 aromatic heterocycles. The zero-order valence-electron chi connectivity index (χ0n) is 11.6. The van der Waals surface area contributed by atoms with Crippen molar-refractivity contribution in [2.75, 3.05) is 26.8 Å². The molecule has 0 saturated carbocycles. The van der Waals surface area contributed by atoms with E-state index in [4.69, 9.17) is 4.74 Å². The zero-order chi connectivity index (χ0) is 13.7. The lowest BCUT2D eigenvalue weighted by atomic mass is 9.85. The third-order valence-corrected chi connectivity index (χ3v) is 4.00. The van der Waals surface area contributed by atoms with Crippen LogP contribution in [0.25, 0.3) is 4.96 Å². The zero-order valence-corrected chi connectivity index (χ0v) is 12.4. The molecular weight excluding hydrogens is 258 g/mol. The highest BCUT2D eigenvalue weighted by molar-refractivity contribution is 7.15. The summed E-state index contributed by atoms with van der Waals surface area (Å²) in [5.41, 5.74) is 1.13. The molecule has 0 amide bonds. The van der Waals surface area contributed by atoms with E-state index in [-0.39, 0.29) is 5.41 Å². The van der Waals surface area contributed by atoms with E-state index in [0.717, 1.165) is 36.8 Å².